The SMILES string of the molecule is COc1ccc(F)cc1C(C)NC(=O)c1ccc(C(=O)O)cc1F. The lowest BCUT2D eigenvalue weighted by Gasteiger charge is -2.17. The molecule has 7 heteroatoms. The maximum absolute atomic E-state index is 13.9. The Morgan fingerprint density at radius 1 is 1.17 bits per heavy atom. The lowest BCUT2D eigenvalue weighted by molar-refractivity contribution is 0.0695. The third-order valence-corrected chi connectivity index (χ3v) is 3.47. The molecule has 0 spiro atoms. The van der Waals surface area contributed by atoms with Crippen molar-refractivity contribution in [3.05, 3.63) is 64.7 Å². The predicted molar refractivity (Wildman–Crippen MR) is 82.2 cm³/mol. The van der Waals surface area contributed by atoms with Gasteiger partial charge in [0.1, 0.15) is 17.4 Å². The second kappa shape index (κ2) is 7.08. The number of methoxy groups -OCH3 is 1. The van der Waals surface area contributed by atoms with Crippen LogP contribution in [0.15, 0.2) is 36.4 Å². The normalized spacial score (nSPS) is 11.7. The minimum Gasteiger partial charge on any atom is -0.496 e. The first kappa shape index (κ1) is 17.4. The Bertz CT molecular complexity index is 792. The van der Waals surface area contributed by atoms with Crippen molar-refractivity contribution < 1.29 is 28.2 Å². The largest absolute Gasteiger partial charge is 0.496 e. The van der Waals surface area contributed by atoms with Crippen molar-refractivity contribution in [3.63, 3.8) is 0 Å². The van der Waals surface area contributed by atoms with Crippen LogP contribution in [-0.4, -0.2) is 24.1 Å². The summed E-state index contributed by atoms with van der Waals surface area (Å²) in [6, 6.07) is 6.20. The Balaban J connectivity index is 2.23. The molecule has 0 heterocycles. The van der Waals surface area contributed by atoms with Gasteiger partial charge < -0.3 is 15.2 Å². The summed E-state index contributed by atoms with van der Waals surface area (Å²) in [5, 5.41) is 11.3. The van der Waals surface area contributed by atoms with E-state index in [2.05, 4.69) is 5.32 Å². The zero-order valence-corrected chi connectivity index (χ0v) is 13.0. The van der Waals surface area contributed by atoms with Gasteiger partial charge in [0.05, 0.1) is 24.3 Å². The van der Waals surface area contributed by atoms with Gasteiger partial charge in [-0.3, -0.25) is 4.79 Å². The van der Waals surface area contributed by atoms with E-state index in [0.29, 0.717) is 11.3 Å². The molecule has 0 bridgehead atoms. The van der Waals surface area contributed by atoms with Crippen LogP contribution in [0.5, 0.6) is 5.75 Å². The van der Waals surface area contributed by atoms with Crippen molar-refractivity contribution >= 4 is 11.9 Å². The monoisotopic (exact) mass is 335 g/mol. The number of aromatic carboxylic acids is 1. The summed E-state index contributed by atoms with van der Waals surface area (Å²) in [6.45, 7) is 1.60. The number of nitrogens with one attached hydrogen (secondary N) is 1. The molecule has 0 saturated carbocycles. The highest BCUT2D eigenvalue weighted by molar-refractivity contribution is 5.96. The van der Waals surface area contributed by atoms with E-state index < -0.39 is 29.6 Å². The van der Waals surface area contributed by atoms with Gasteiger partial charge in [0, 0.05) is 5.56 Å². The van der Waals surface area contributed by atoms with Gasteiger partial charge in [0.2, 0.25) is 0 Å². The Hall–Kier alpha value is -2.96. The number of carbonyl (C=O) groups excluding carboxylic acids is 1. The minimum atomic E-state index is -1.29. The van der Waals surface area contributed by atoms with Crippen LogP contribution in [0.2, 0.25) is 0 Å². The number of carbonyl (C=O) groups is 2. The highest BCUT2D eigenvalue weighted by Gasteiger charge is 2.19. The smallest absolute Gasteiger partial charge is 0.335 e. The average Bonchev–Trinajstić information content (AvgIpc) is 2.54. The van der Waals surface area contributed by atoms with Crippen LogP contribution in [0.1, 0.15) is 39.2 Å². The van der Waals surface area contributed by atoms with Crippen LogP contribution >= 0.6 is 0 Å². The Morgan fingerprint density at radius 3 is 2.46 bits per heavy atom. The molecular weight excluding hydrogens is 320 g/mol. The highest BCUT2D eigenvalue weighted by Crippen LogP contribution is 2.26. The molecule has 2 rings (SSSR count). The van der Waals surface area contributed by atoms with E-state index in [9.17, 15) is 18.4 Å². The molecule has 1 atom stereocenters. The van der Waals surface area contributed by atoms with E-state index in [1.165, 1.54) is 25.3 Å². The molecule has 126 valence electrons. The molecule has 2 aromatic rings. The number of rotatable bonds is 5. The summed E-state index contributed by atoms with van der Waals surface area (Å²) in [5.74, 6) is -3.11. The van der Waals surface area contributed by atoms with E-state index in [1.54, 1.807) is 6.92 Å². The van der Waals surface area contributed by atoms with Crippen molar-refractivity contribution in [1.82, 2.24) is 5.32 Å². The zero-order chi connectivity index (χ0) is 17.9. The van der Waals surface area contributed by atoms with Crippen molar-refractivity contribution in [2.24, 2.45) is 0 Å². The molecule has 1 amide bonds. The third kappa shape index (κ3) is 3.68. The number of amides is 1. The second-order valence-electron chi connectivity index (χ2n) is 5.08. The molecule has 24 heavy (non-hydrogen) atoms. The van der Waals surface area contributed by atoms with Gasteiger partial charge in [-0.1, -0.05) is 0 Å². The van der Waals surface area contributed by atoms with E-state index >= 15 is 0 Å². The van der Waals surface area contributed by atoms with Crippen molar-refractivity contribution in [1.29, 1.82) is 0 Å². The van der Waals surface area contributed by atoms with Crippen molar-refractivity contribution in [3.8, 4) is 5.75 Å². The summed E-state index contributed by atoms with van der Waals surface area (Å²) < 4.78 is 32.4. The Labute approximate surface area is 136 Å². The van der Waals surface area contributed by atoms with Crippen LogP contribution in [0.4, 0.5) is 8.78 Å². The first-order valence-corrected chi connectivity index (χ1v) is 7.00. The third-order valence-electron chi connectivity index (χ3n) is 3.47. The molecule has 1 unspecified atom stereocenters. The molecule has 2 N–H and O–H groups in total. The van der Waals surface area contributed by atoms with Gasteiger partial charge in [-0.05, 0) is 43.3 Å². The standard InChI is InChI=1S/C17H15F2NO4/c1-9(13-8-11(18)4-6-15(13)24-2)20-16(21)12-5-3-10(17(22)23)7-14(12)19/h3-9H,1-2H3,(H,20,21)(H,22,23). The van der Waals surface area contributed by atoms with Crippen LogP contribution < -0.4 is 10.1 Å². The fourth-order valence-corrected chi connectivity index (χ4v) is 2.23. The van der Waals surface area contributed by atoms with E-state index in [0.717, 1.165) is 18.2 Å². The number of ether oxygens (including phenoxy) is 1. The van der Waals surface area contributed by atoms with Gasteiger partial charge in [0.25, 0.3) is 5.91 Å². The average molecular weight is 335 g/mol. The Kier molecular flexibility index (Phi) is 5.13. The lowest BCUT2D eigenvalue weighted by Crippen LogP contribution is -2.28. The number of carboxylic acid groups (broad SMARTS) is 1. The van der Waals surface area contributed by atoms with Crippen LogP contribution in [0.3, 0.4) is 0 Å². The summed E-state index contributed by atoms with van der Waals surface area (Å²) in [6.07, 6.45) is 0. The van der Waals surface area contributed by atoms with Crippen LogP contribution in [-0.2, 0) is 0 Å². The molecule has 0 aromatic heterocycles. The molecule has 5 nitrogen and oxygen atoms in total. The van der Waals surface area contributed by atoms with Gasteiger partial charge in [-0.25, -0.2) is 13.6 Å². The number of halogens is 2. The van der Waals surface area contributed by atoms with Gasteiger partial charge in [-0.2, -0.15) is 0 Å². The molecule has 0 aliphatic heterocycles. The fourth-order valence-electron chi connectivity index (χ4n) is 2.23. The zero-order valence-electron chi connectivity index (χ0n) is 13.0. The highest BCUT2D eigenvalue weighted by atomic mass is 19.1. The van der Waals surface area contributed by atoms with E-state index in [4.69, 9.17) is 9.84 Å². The van der Waals surface area contributed by atoms with Gasteiger partial charge in [0.15, 0.2) is 0 Å². The molecule has 0 fully saturated rings. The summed E-state index contributed by atoms with van der Waals surface area (Å²) in [7, 11) is 1.41. The van der Waals surface area contributed by atoms with Crippen molar-refractivity contribution in [2.75, 3.05) is 7.11 Å². The maximum Gasteiger partial charge on any atom is 0.335 e. The van der Waals surface area contributed by atoms with Gasteiger partial charge in [-0.15, -0.1) is 0 Å². The first-order chi connectivity index (χ1) is 11.3. The van der Waals surface area contributed by atoms with Crippen molar-refractivity contribution in [2.45, 2.75) is 13.0 Å². The molecule has 0 aliphatic carbocycles. The topological polar surface area (TPSA) is 75.6 Å². The minimum absolute atomic E-state index is 0.260. The predicted octanol–water partition coefficient (Wildman–Crippen LogP) is 3.16. The summed E-state index contributed by atoms with van der Waals surface area (Å²) in [4.78, 5) is 23.0. The molecule has 0 aliphatic rings. The molecule has 2 aromatic carbocycles. The molecule has 0 saturated heterocycles. The van der Waals surface area contributed by atoms with Crippen LogP contribution in [0, 0.1) is 11.6 Å². The molecular formula is C17H15F2NO4. The lowest BCUT2D eigenvalue weighted by atomic mass is 10.1. The first-order valence-electron chi connectivity index (χ1n) is 7.00. The molecule has 0 radical (unpaired) electrons. The number of hydrogen-bond acceptors (Lipinski definition) is 3. The number of carboxylic acids is 1. The van der Waals surface area contributed by atoms with E-state index in [-0.39, 0.29) is 11.1 Å². The quantitative estimate of drug-likeness (QED) is 0.880. The van der Waals surface area contributed by atoms with Gasteiger partial charge >= 0.3 is 5.97 Å². The summed E-state index contributed by atoms with van der Waals surface area (Å²) >= 11 is 0. The fraction of sp³-hybridized carbons (Fsp3) is 0.176. The number of hydrogen-bond donors (Lipinski definition) is 2. The van der Waals surface area contributed by atoms with Crippen LogP contribution in [0.25, 0.3) is 0 Å². The van der Waals surface area contributed by atoms with E-state index in [1.807, 2.05) is 0 Å². The maximum atomic E-state index is 13.9. The summed E-state index contributed by atoms with van der Waals surface area (Å²) in [5.41, 5.74) is -0.167. The Morgan fingerprint density at radius 2 is 1.88 bits per heavy atom. The number of benzene rings is 2. The second-order valence-corrected chi connectivity index (χ2v) is 5.08.